The molecule has 0 aliphatic rings. The van der Waals surface area contributed by atoms with E-state index in [1.807, 2.05) is 0 Å². The Morgan fingerprint density at radius 1 is 1.23 bits per heavy atom. The molecule has 2 rings (SSSR count). The first-order valence-corrected chi connectivity index (χ1v) is 7.51. The Kier molecular flexibility index (Phi) is 4.86. The van der Waals surface area contributed by atoms with E-state index in [4.69, 9.17) is 15.6 Å². The molecule has 1 aromatic heterocycles. The monoisotopic (exact) mass is 305 g/mol. The molecule has 0 radical (unpaired) electrons. The van der Waals surface area contributed by atoms with E-state index in [9.17, 15) is 4.39 Å². The van der Waals surface area contributed by atoms with E-state index in [2.05, 4.69) is 20.8 Å². The van der Waals surface area contributed by atoms with E-state index in [1.165, 1.54) is 12.1 Å². The van der Waals surface area contributed by atoms with Gasteiger partial charge in [0.25, 0.3) is 0 Å². The van der Waals surface area contributed by atoms with E-state index < -0.39 is 0 Å². The zero-order valence-electron chi connectivity index (χ0n) is 13.7. The highest BCUT2D eigenvalue weighted by molar-refractivity contribution is 5.43. The number of benzene rings is 1. The molecular weight excluding hydrogens is 281 g/mol. The highest BCUT2D eigenvalue weighted by Gasteiger charge is 2.27. The van der Waals surface area contributed by atoms with Crippen molar-refractivity contribution >= 4 is 0 Å². The summed E-state index contributed by atoms with van der Waals surface area (Å²) in [6.07, 6.45) is 1.68. The molecular formula is C17H24FN3O. The quantitative estimate of drug-likeness (QED) is 0.923. The predicted octanol–water partition coefficient (Wildman–Crippen LogP) is 3.21. The molecule has 0 unspecified atom stereocenters. The lowest BCUT2D eigenvalue weighted by molar-refractivity contribution is 0.379. The molecule has 0 saturated heterocycles. The number of halogens is 1. The van der Waals surface area contributed by atoms with Crippen molar-refractivity contribution in [3.8, 4) is 11.6 Å². The highest BCUT2D eigenvalue weighted by atomic mass is 19.1. The normalized spacial score (nSPS) is 11.7. The molecule has 1 aromatic carbocycles. The van der Waals surface area contributed by atoms with Crippen LogP contribution in [0.4, 0.5) is 4.39 Å². The minimum atomic E-state index is -0.269. The van der Waals surface area contributed by atoms with Gasteiger partial charge in [-0.25, -0.2) is 9.07 Å². The van der Waals surface area contributed by atoms with Crippen LogP contribution in [0.2, 0.25) is 0 Å². The molecule has 0 atom stereocenters. The summed E-state index contributed by atoms with van der Waals surface area (Å²) in [4.78, 5) is 0. The number of ether oxygens (including phenoxy) is 1. The third-order valence-electron chi connectivity index (χ3n) is 3.54. The lowest BCUT2D eigenvalue weighted by atomic mass is 9.88. The van der Waals surface area contributed by atoms with Gasteiger partial charge in [0.2, 0.25) is 5.88 Å². The Morgan fingerprint density at radius 3 is 2.36 bits per heavy atom. The number of nitrogens with two attached hydrogens (primary N) is 1. The minimum Gasteiger partial charge on any atom is -0.481 e. The van der Waals surface area contributed by atoms with Gasteiger partial charge in [0.05, 0.1) is 18.5 Å². The first kappa shape index (κ1) is 16.5. The van der Waals surface area contributed by atoms with Crippen LogP contribution < -0.4 is 10.5 Å². The molecule has 2 aromatic rings. The van der Waals surface area contributed by atoms with Gasteiger partial charge in [-0.05, 0) is 43.7 Å². The zero-order valence-corrected chi connectivity index (χ0v) is 13.7. The van der Waals surface area contributed by atoms with Crippen LogP contribution in [0.1, 0.15) is 38.4 Å². The number of rotatable bonds is 5. The third kappa shape index (κ3) is 3.30. The predicted molar refractivity (Wildman–Crippen MR) is 86.1 cm³/mol. The van der Waals surface area contributed by atoms with Crippen LogP contribution in [-0.4, -0.2) is 23.4 Å². The summed E-state index contributed by atoms with van der Waals surface area (Å²) in [6.45, 7) is 6.98. The Labute approximate surface area is 131 Å². The molecule has 22 heavy (non-hydrogen) atoms. The molecule has 0 amide bonds. The minimum absolute atomic E-state index is 0.109. The fraction of sp³-hybridized carbons (Fsp3) is 0.471. The Hall–Kier alpha value is -1.88. The number of nitrogens with zero attached hydrogens (tertiary/aromatic N) is 2. The second-order valence-electron chi connectivity index (χ2n) is 6.37. The van der Waals surface area contributed by atoms with Crippen molar-refractivity contribution in [1.82, 2.24) is 9.78 Å². The number of aromatic nitrogens is 2. The molecule has 120 valence electrons. The van der Waals surface area contributed by atoms with Gasteiger partial charge in [-0.3, -0.25) is 0 Å². The van der Waals surface area contributed by atoms with Gasteiger partial charge in [0.15, 0.2) is 0 Å². The van der Waals surface area contributed by atoms with Gasteiger partial charge >= 0.3 is 0 Å². The van der Waals surface area contributed by atoms with E-state index in [-0.39, 0.29) is 11.2 Å². The third-order valence-corrected chi connectivity index (χ3v) is 3.54. The first-order chi connectivity index (χ1) is 10.4. The van der Waals surface area contributed by atoms with Crippen molar-refractivity contribution < 1.29 is 9.13 Å². The van der Waals surface area contributed by atoms with Crippen LogP contribution in [0.15, 0.2) is 24.3 Å². The van der Waals surface area contributed by atoms with Crippen molar-refractivity contribution in [2.45, 2.75) is 39.0 Å². The van der Waals surface area contributed by atoms with Crippen molar-refractivity contribution in [3.05, 3.63) is 41.3 Å². The standard InChI is InChI=1S/C17H24FN3O/c1-17(2,3)15-14(6-5-11-19)16(22-4)21(20-15)13-9-7-12(18)8-10-13/h7-10H,5-6,11,19H2,1-4H3. The molecule has 4 nitrogen and oxygen atoms in total. The van der Waals surface area contributed by atoms with Crippen LogP contribution in [0, 0.1) is 5.82 Å². The summed E-state index contributed by atoms with van der Waals surface area (Å²) >= 11 is 0. The topological polar surface area (TPSA) is 53.1 Å². The summed E-state index contributed by atoms with van der Waals surface area (Å²) in [5, 5.41) is 4.73. The van der Waals surface area contributed by atoms with Crippen molar-refractivity contribution in [1.29, 1.82) is 0 Å². The number of hydrogen-bond donors (Lipinski definition) is 1. The molecule has 0 fully saturated rings. The zero-order chi connectivity index (χ0) is 16.3. The summed E-state index contributed by atoms with van der Waals surface area (Å²) < 4.78 is 20.5. The summed E-state index contributed by atoms with van der Waals surface area (Å²) in [7, 11) is 1.63. The first-order valence-electron chi connectivity index (χ1n) is 7.51. The largest absolute Gasteiger partial charge is 0.481 e. The number of methoxy groups -OCH3 is 1. The fourth-order valence-electron chi connectivity index (χ4n) is 2.51. The molecule has 1 heterocycles. The highest BCUT2D eigenvalue weighted by Crippen LogP contribution is 2.34. The van der Waals surface area contributed by atoms with E-state index in [1.54, 1.807) is 23.9 Å². The van der Waals surface area contributed by atoms with Gasteiger partial charge in [0, 0.05) is 11.0 Å². The van der Waals surface area contributed by atoms with E-state index in [0.29, 0.717) is 12.4 Å². The summed E-state index contributed by atoms with van der Waals surface area (Å²) in [6, 6.07) is 6.24. The maximum atomic E-state index is 13.2. The second-order valence-corrected chi connectivity index (χ2v) is 6.37. The molecule has 2 N–H and O–H groups in total. The molecule has 0 aliphatic heterocycles. The Balaban J connectivity index is 2.59. The summed E-state index contributed by atoms with van der Waals surface area (Å²) in [5.41, 5.74) is 8.39. The van der Waals surface area contributed by atoms with Crippen molar-refractivity contribution in [3.63, 3.8) is 0 Å². The van der Waals surface area contributed by atoms with Gasteiger partial charge < -0.3 is 10.5 Å². The average molecular weight is 305 g/mol. The van der Waals surface area contributed by atoms with Crippen molar-refractivity contribution in [2.24, 2.45) is 5.73 Å². The van der Waals surface area contributed by atoms with Crippen LogP contribution in [0.3, 0.4) is 0 Å². The van der Waals surface area contributed by atoms with Crippen LogP contribution >= 0.6 is 0 Å². The second kappa shape index (κ2) is 6.48. The molecule has 5 heteroatoms. The van der Waals surface area contributed by atoms with Crippen LogP contribution in [0.25, 0.3) is 5.69 Å². The summed E-state index contributed by atoms with van der Waals surface area (Å²) in [5.74, 6) is 0.430. The lowest BCUT2D eigenvalue weighted by Gasteiger charge is -2.17. The van der Waals surface area contributed by atoms with Gasteiger partial charge in [-0.2, -0.15) is 5.10 Å². The van der Waals surface area contributed by atoms with Gasteiger partial charge in [0.1, 0.15) is 5.82 Å². The molecule has 0 saturated carbocycles. The van der Waals surface area contributed by atoms with E-state index in [0.717, 1.165) is 29.8 Å². The Bertz CT molecular complexity index is 627. The maximum Gasteiger partial charge on any atom is 0.219 e. The Morgan fingerprint density at radius 2 is 1.86 bits per heavy atom. The fourth-order valence-corrected chi connectivity index (χ4v) is 2.51. The lowest BCUT2D eigenvalue weighted by Crippen LogP contribution is -2.15. The molecule has 0 spiro atoms. The van der Waals surface area contributed by atoms with Crippen LogP contribution in [-0.2, 0) is 11.8 Å². The molecule has 0 aliphatic carbocycles. The molecule has 0 bridgehead atoms. The smallest absolute Gasteiger partial charge is 0.219 e. The maximum absolute atomic E-state index is 13.2. The number of hydrogen-bond acceptors (Lipinski definition) is 3. The van der Waals surface area contributed by atoms with Crippen LogP contribution in [0.5, 0.6) is 5.88 Å². The van der Waals surface area contributed by atoms with Gasteiger partial charge in [-0.1, -0.05) is 20.8 Å². The van der Waals surface area contributed by atoms with E-state index >= 15 is 0 Å². The SMILES string of the molecule is COc1c(CCCN)c(C(C)(C)C)nn1-c1ccc(F)cc1. The average Bonchev–Trinajstić information content (AvgIpc) is 2.84. The van der Waals surface area contributed by atoms with Gasteiger partial charge in [-0.15, -0.1) is 0 Å². The van der Waals surface area contributed by atoms with Crippen molar-refractivity contribution in [2.75, 3.05) is 13.7 Å².